The first-order chi connectivity index (χ1) is 13.6. The monoisotopic (exact) mass is 394 g/mol. The molecular weight excluding hydrogens is 376 g/mol. The van der Waals surface area contributed by atoms with E-state index in [1.54, 1.807) is 18.2 Å². The predicted octanol–water partition coefficient (Wildman–Crippen LogP) is 5.12. The molecule has 1 heterocycles. The van der Waals surface area contributed by atoms with Gasteiger partial charge in [0.1, 0.15) is 12.4 Å². The van der Waals surface area contributed by atoms with Crippen LogP contribution in [0.25, 0.3) is 11.3 Å². The van der Waals surface area contributed by atoms with Crippen molar-refractivity contribution in [2.75, 3.05) is 12.0 Å². The summed E-state index contributed by atoms with van der Waals surface area (Å²) in [6.07, 6.45) is 1.69. The van der Waals surface area contributed by atoms with Crippen LogP contribution in [0.4, 0.5) is 10.8 Å². The number of thiazole rings is 1. The zero-order valence-corrected chi connectivity index (χ0v) is 16.0. The highest BCUT2D eigenvalue weighted by molar-refractivity contribution is 7.14. The molecule has 0 spiro atoms. The molecule has 0 bridgehead atoms. The standard InChI is InChI=1S/C20H18N4O3S/c1-3-11-27-18-9-7-15(8-10-18)14(2)22-23-20-21-19(13-28-20)16-5-4-6-17(12-16)24(25)26/h3-10,12-13H,1,11H2,2H3,(H,21,23)/b22-14-. The number of hydrazone groups is 1. The maximum absolute atomic E-state index is 10.9. The quantitative estimate of drug-likeness (QED) is 0.248. The molecule has 0 saturated carbocycles. The summed E-state index contributed by atoms with van der Waals surface area (Å²) in [4.78, 5) is 14.9. The Hall–Kier alpha value is -3.52. The third-order valence-electron chi connectivity index (χ3n) is 3.82. The van der Waals surface area contributed by atoms with Gasteiger partial charge < -0.3 is 4.74 Å². The molecule has 0 aliphatic carbocycles. The number of aromatic nitrogens is 1. The number of ether oxygens (including phenoxy) is 1. The summed E-state index contributed by atoms with van der Waals surface area (Å²) in [6, 6.07) is 14.0. The topological polar surface area (TPSA) is 89.7 Å². The Balaban J connectivity index is 1.68. The van der Waals surface area contributed by atoms with E-state index < -0.39 is 4.92 Å². The van der Waals surface area contributed by atoms with Gasteiger partial charge in [-0.2, -0.15) is 5.10 Å². The highest BCUT2D eigenvalue weighted by atomic mass is 32.1. The lowest BCUT2D eigenvalue weighted by Crippen LogP contribution is -2.00. The van der Waals surface area contributed by atoms with Crippen LogP contribution in [0.3, 0.4) is 0 Å². The molecule has 1 N–H and O–H groups in total. The van der Waals surface area contributed by atoms with E-state index in [2.05, 4.69) is 22.1 Å². The van der Waals surface area contributed by atoms with Crippen molar-refractivity contribution in [3.05, 3.63) is 82.2 Å². The van der Waals surface area contributed by atoms with Gasteiger partial charge in [-0.3, -0.25) is 15.5 Å². The number of nitro groups is 1. The predicted molar refractivity (Wildman–Crippen MR) is 112 cm³/mol. The summed E-state index contributed by atoms with van der Waals surface area (Å²) in [7, 11) is 0. The van der Waals surface area contributed by atoms with Crippen molar-refractivity contribution in [3.63, 3.8) is 0 Å². The molecule has 0 radical (unpaired) electrons. The average molecular weight is 394 g/mol. The fourth-order valence-corrected chi connectivity index (χ4v) is 3.04. The third kappa shape index (κ3) is 4.80. The summed E-state index contributed by atoms with van der Waals surface area (Å²) in [5, 5.41) is 17.7. The van der Waals surface area contributed by atoms with E-state index in [-0.39, 0.29) is 5.69 Å². The van der Waals surface area contributed by atoms with Crippen LogP contribution in [0.15, 0.2) is 71.7 Å². The first kappa shape index (κ1) is 19.2. The Bertz CT molecular complexity index is 1010. The van der Waals surface area contributed by atoms with Gasteiger partial charge in [-0.25, -0.2) is 4.98 Å². The summed E-state index contributed by atoms with van der Waals surface area (Å²) in [5.41, 5.74) is 6.07. The number of benzene rings is 2. The van der Waals surface area contributed by atoms with Crippen LogP contribution in [0.2, 0.25) is 0 Å². The van der Waals surface area contributed by atoms with Crippen molar-refractivity contribution >= 4 is 27.9 Å². The lowest BCUT2D eigenvalue weighted by Gasteiger charge is -2.05. The van der Waals surface area contributed by atoms with E-state index in [1.807, 2.05) is 36.6 Å². The van der Waals surface area contributed by atoms with E-state index in [9.17, 15) is 10.1 Å². The zero-order chi connectivity index (χ0) is 19.9. The Kier molecular flexibility index (Phi) is 6.13. The largest absolute Gasteiger partial charge is 0.490 e. The summed E-state index contributed by atoms with van der Waals surface area (Å²) >= 11 is 1.38. The van der Waals surface area contributed by atoms with E-state index in [4.69, 9.17) is 4.74 Å². The molecule has 0 unspecified atom stereocenters. The van der Waals surface area contributed by atoms with Gasteiger partial charge in [-0.05, 0) is 36.8 Å². The van der Waals surface area contributed by atoms with Gasteiger partial charge >= 0.3 is 0 Å². The van der Waals surface area contributed by atoms with Gasteiger partial charge in [-0.1, -0.05) is 24.8 Å². The van der Waals surface area contributed by atoms with Crippen LogP contribution in [0.1, 0.15) is 12.5 Å². The van der Waals surface area contributed by atoms with Gasteiger partial charge in [-0.15, -0.1) is 11.3 Å². The SMILES string of the molecule is C=CCOc1ccc(/C(C)=N\Nc2nc(-c3cccc([N+](=O)[O-])c3)cs2)cc1. The highest BCUT2D eigenvalue weighted by Crippen LogP contribution is 2.27. The molecule has 0 amide bonds. The summed E-state index contributed by atoms with van der Waals surface area (Å²) < 4.78 is 5.46. The van der Waals surface area contributed by atoms with Crippen molar-refractivity contribution in [2.45, 2.75) is 6.92 Å². The van der Waals surface area contributed by atoms with Crippen LogP contribution in [0, 0.1) is 10.1 Å². The second-order valence-electron chi connectivity index (χ2n) is 5.78. The Labute approximate surface area is 166 Å². The van der Waals surface area contributed by atoms with Crippen LogP contribution in [-0.2, 0) is 0 Å². The van der Waals surface area contributed by atoms with Crippen LogP contribution in [0.5, 0.6) is 5.75 Å². The van der Waals surface area contributed by atoms with Crippen LogP contribution < -0.4 is 10.2 Å². The number of rotatable bonds is 8. The first-order valence-corrected chi connectivity index (χ1v) is 9.29. The second-order valence-corrected chi connectivity index (χ2v) is 6.64. The Morgan fingerprint density at radius 1 is 1.36 bits per heavy atom. The molecule has 2 aromatic carbocycles. The van der Waals surface area contributed by atoms with Gasteiger partial charge in [0, 0.05) is 23.1 Å². The average Bonchev–Trinajstić information content (AvgIpc) is 3.20. The number of nitrogens with one attached hydrogen (secondary N) is 1. The minimum Gasteiger partial charge on any atom is -0.490 e. The summed E-state index contributed by atoms with van der Waals surface area (Å²) in [5.74, 6) is 0.769. The Morgan fingerprint density at radius 2 is 2.14 bits per heavy atom. The molecule has 0 fully saturated rings. The molecule has 8 heteroatoms. The van der Waals surface area contributed by atoms with Gasteiger partial charge in [0.25, 0.3) is 5.69 Å². The van der Waals surface area contributed by atoms with E-state index >= 15 is 0 Å². The molecule has 0 saturated heterocycles. The fraction of sp³-hybridized carbons (Fsp3) is 0.100. The van der Waals surface area contributed by atoms with Crippen molar-refractivity contribution in [1.82, 2.24) is 4.98 Å². The third-order valence-corrected chi connectivity index (χ3v) is 4.56. The maximum atomic E-state index is 10.9. The fourth-order valence-electron chi connectivity index (χ4n) is 2.38. The number of anilines is 1. The van der Waals surface area contributed by atoms with Gasteiger partial charge in [0.05, 0.1) is 16.3 Å². The molecule has 7 nitrogen and oxygen atoms in total. The number of hydrogen-bond acceptors (Lipinski definition) is 7. The highest BCUT2D eigenvalue weighted by Gasteiger charge is 2.10. The molecular formula is C20H18N4O3S. The lowest BCUT2D eigenvalue weighted by molar-refractivity contribution is -0.384. The number of nitro benzene ring substituents is 1. The number of non-ortho nitro benzene ring substituents is 1. The molecule has 3 aromatic rings. The molecule has 0 aliphatic rings. The first-order valence-electron chi connectivity index (χ1n) is 8.41. The van der Waals surface area contributed by atoms with E-state index in [0.717, 1.165) is 17.0 Å². The normalized spacial score (nSPS) is 11.1. The Morgan fingerprint density at radius 3 is 2.86 bits per heavy atom. The van der Waals surface area contributed by atoms with Gasteiger partial charge in [0.15, 0.2) is 0 Å². The number of nitrogens with zero attached hydrogens (tertiary/aromatic N) is 3. The minimum atomic E-state index is -0.420. The van der Waals surface area contributed by atoms with Crippen LogP contribution >= 0.6 is 11.3 Å². The van der Waals surface area contributed by atoms with Crippen molar-refractivity contribution in [3.8, 4) is 17.0 Å². The van der Waals surface area contributed by atoms with Crippen molar-refractivity contribution in [2.24, 2.45) is 5.10 Å². The smallest absolute Gasteiger partial charge is 0.270 e. The number of hydrogen-bond donors (Lipinski definition) is 1. The molecule has 0 aliphatic heterocycles. The van der Waals surface area contributed by atoms with Crippen molar-refractivity contribution in [1.29, 1.82) is 0 Å². The maximum Gasteiger partial charge on any atom is 0.270 e. The molecule has 1 aromatic heterocycles. The molecule has 3 rings (SSSR count). The van der Waals surface area contributed by atoms with Gasteiger partial charge in [0.2, 0.25) is 5.13 Å². The molecule has 142 valence electrons. The minimum absolute atomic E-state index is 0.0365. The second kappa shape index (κ2) is 8.92. The van der Waals surface area contributed by atoms with E-state index in [0.29, 0.717) is 23.0 Å². The molecule has 28 heavy (non-hydrogen) atoms. The van der Waals surface area contributed by atoms with Crippen LogP contribution in [-0.4, -0.2) is 22.2 Å². The zero-order valence-electron chi connectivity index (χ0n) is 15.2. The van der Waals surface area contributed by atoms with Crippen molar-refractivity contribution < 1.29 is 9.66 Å². The molecule has 0 atom stereocenters. The lowest BCUT2D eigenvalue weighted by atomic mass is 10.1. The van der Waals surface area contributed by atoms with E-state index in [1.165, 1.54) is 23.5 Å². The summed E-state index contributed by atoms with van der Waals surface area (Å²) in [6.45, 7) is 5.97.